The van der Waals surface area contributed by atoms with Gasteiger partial charge >= 0.3 is 0 Å². The summed E-state index contributed by atoms with van der Waals surface area (Å²) < 4.78 is 0. The van der Waals surface area contributed by atoms with Crippen molar-refractivity contribution >= 4 is 0 Å². The van der Waals surface area contributed by atoms with Gasteiger partial charge in [-0.25, -0.2) is 0 Å². The molecule has 92 valence electrons. The van der Waals surface area contributed by atoms with Gasteiger partial charge in [0.15, 0.2) is 0 Å². The molecule has 0 heterocycles. The molecule has 0 radical (unpaired) electrons. The summed E-state index contributed by atoms with van der Waals surface area (Å²) in [5.41, 5.74) is 10.8. The minimum atomic E-state index is 0.423. The number of aryl methyl sites for hydroxylation is 2. The van der Waals surface area contributed by atoms with Gasteiger partial charge in [0.25, 0.3) is 0 Å². The molecule has 1 aromatic carbocycles. The van der Waals surface area contributed by atoms with Crippen LogP contribution in [0.5, 0.6) is 0 Å². The Labute approximate surface area is 104 Å². The maximum absolute atomic E-state index is 6.09. The molecular formula is C16H23N. The molecule has 2 unspecified atom stereocenters. The first kappa shape index (κ1) is 11.3. The Morgan fingerprint density at radius 3 is 2.59 bits per heavy atom. The molecule has 2 saturated carbocycles. The second-order valence-electron chi connectivity index (χ2n) is 6.47. The lowest BCUT2D eigenvalue weighted by Gasteiger charge is -2.30. The summed E-state index contributed by atoms with van der Waals surface area (Å²) in [5, 5.41) is 0. The molecule has 2 aliphatic rings. The Bertz CT molecular complexity index is 425. The topological polar surface area (TPSA) is 26.0 Å². The molecule has 2 N–H and O–H groups in total. The first-order valence-corrected chi connectivity index (χ1v) is 6.88. The quantitative estimate of drug-likeness (QED) is 0.846. The zero-order valence-corrected chi connectivity index (χ0v) is 11.0. The molecule has 3 rings (SSSR count). The van der Waals surface area contributed by atoms with Gasteiger partial charge in [-0.1, -0.05) is 23.8 Å². The van der Waals surface area contributed by atoms with Crippen LogP contribution in [-0.2, 0) is 6.42 Å². The maximum Gasteiger partial charge on any atom is -0.00171 e. The van der Waals surface area contributed by atoms with Crippen LogP contribution in [0, 0.1) is 31.1 Å². The molecule has 0 aliphatic heterocycles. The van der Waals surface area contributed by atoms with Crippen molar-refractivity contribution < 1.29 is 0 Å². The molecule has 0 spiro atoms. The van der Waals surface area contributed by atoms with E-state index in [1.165, 1.54) is 42.4 Å². The standard InChI is InChI=1S/C16H23N/c1-11-3-4-12(2)13(5-11)7-16(10-17)8-14-6-15(14)9-16/h3-5,14-15H,6-10,17H2,1-2H3. The highest BCUT2D eigenvalue weighted by molar-refractivity contribution is 5.32. The average Bonchev–Trinajstić information content (AvgIpc) is 2.92. The van der Waals surface area contributed by atoms with Gasteiger partial charge in [-0.3, -0.25) is 0 Å². The summed E-state index contributed by atoms with van der Waals surface area (Å²) in [6.07, 6.45) is 5.43. The van der Waals surface area contributed by atoms with Crippen molar-refractivity contribution in [1.82, 2.24) is 0 Å². The van der Waals surface area contributed by atoms with E-state index < -0.39 is 0 Å². The van der Waals surface area contributed by atoms with Crippen LogP contribution in [-0.4, -0.2) is 6.54 Å². The van der Waals surface area contributed by atoms with Crippen molar-refractivity contribution in [3.05, 3.63) is 34.9 Å². The van der Waals surface area contributed by atoms with E-state index in [4.69, 9.17) is 5.73 Å². The van der Waals surface area contributed by atoms with Gasteiger partial charge in [0, 0.05) is 0 Å². The predicted molar refractivity (Wildman–Crippen MR) is 71.9 cm³/mol. The smallest absolute Gasteiger partial charge is 0.00171 e. The van der Waals surface area contributed by atoms with Crippen LogP contribution >= 0.6 is 0 Å². The predicted octanol–water partition coefficient (Wildman–Crippen LogP) is 3.22. The highest BCUT2D eigenvalue weighted by Crippen LogP contribution is 2.60. The first-order valence-electron chi connectivity index (χ1n) is 6.88. The number of hydrogen-bond acceptors (Lipinski definition) is 1. The molecule has 0 bridgehead atoms. The summed E-state index contributed by atoms with van der Waals surface area (Å²) in [7, 11) is 0. The molecule has 2 aliphatic carbocycles. The van der Waals surface area contributed by atoms with Crippen molar-refractivity contribution in [2.24, 2.45) is 23.0 Å². The molecule has 17 heavy (non-hydrogen) atoms. The van der Waals surface area contributed by atoms with Crippen LogP contribution in [0.3, 0.4) is 0 Å². The van der Waals surface area contributed by atoms with Gasteiger partial charge in [0.2, 0.25) is 0 Å². The van der Waals surface area contributed by atoms with E-state index >= 15 is 0 Å². The van der Waals surface area contributed by atoms with Gasteiger partial charge < -0.3 is 5.73 Å². The Balaban J connectivity index is 1.83. The fourth-order valence-electron chi connectivity index (χ4n) is 3.78. The van der Waals surface area contributed by atoms with Crippen LogP contribution in [0.15, 0.2) is 18.2 Å². The largest absolute Gasteiger partial charge is 0.330 e. The number of benzene rings is 1. The van der Waals surface area contributed by atoms with Crippen molar-refractivity contribution in [3.8, 4) is 0 Å². The molecule has 0 amide bonds. The Hall–Kier alpha value is -0.820. The molecule has 1 heteroatoms. The van der Waals surface area contributed by atoms with E-state index in [-0.39, 0.29) is 0 Å². The first-order chi connectivity index (χ1) is 8.12. The summed E-state index contributed by atoms with van der Waals surface area (Å²) in [5.74, 6) is 2.03. The van der Waals surface area contributed by atoms with E-state index in [0.717, 1.165) is 18.4 Å². The van der Waals surface area contributed by atoms with Crippen molar-refractivity contribution in [1.29, 1.82) is 0 Å². The fraction of sp³-hybridized carbons (Fsp3) is 0.625. The van der Waals surface area contributed by atoms with E-state index in [1.54, 1.807) is 0 Å². The van der Waals surface area contributed by atoms with Crippen molar-refractivity contribution in [2.45, 2.75) is 39.5 Å². The highest BCUT2D eigenvalue weighted by Gasteiger charge is 2.52. The van der Waals surface area contributed by atoms with Gasteiger partial charge in [0.05, 0.1) is 0 Å². The Morgan fingerprint density at radius 2 is 1.94 bits per heavy atom. The number of rotatable bonds is 3. The zero-order valence-electron chi connectivity index (χ0n) is 11.0. The highest BCUT2D eigenvalue weighted by atomic mass is 14.7. The number of nitrogens with two attached hydrogens (primary N) is 1. The third-order valence-electron chi connectivity index (χ3n) is 4.96. The molecule has 0 aromatic heterocycles. The average molecular weight is 229 g/mol. The lowest BCUT2D eigenvalue weighted by Crippen LogP contribution is -2.31. The van der Waals surface area contributed by atoms with Crippen molar-refractivity contribution in [3.63, 3.8) is 0 Å². The minimum absolute atomic E-state index is 0.423. The maximum atomic E-state index is 6.09. The Kier molecular flexibility index (Phi) is 2.55. The summed E-state index contributed by atoms with van der Waals surface area (Å²) >= 11 is 0. The second-order valence-corrected chi connectivity index (χ2v) is 6.47. The van der Waals surface area contributed by atoms with Crippen LogP contribution in [0.25, 0.3) is 0 Å². The number of fused-ring (bicyclic) bond motifs is 1. The summed E-state index contributed by atoms with van der Waals surface area (Å²) in [6.45, 7) is 5.28. The molecule has 1 nitrogen and oxygen atoms in total. The molecule has 0 saturated heterocycles. The molecule has 2 atom stereocenters. The van der Waals surface area contributed by atoms with Gasteiger partial charge in [0.1, 0.15) is 0 Å². The Morgan fingerprint density at radius 1 is 1.24 bits per heavy atom. The van der Waals surface area contributed by atoms with Crippen LogP contribution in [0.1, 0.15) is 36.0 Å². The zero-order chi connectivity index (χ0) is 12.0. The lowest BCUT2D eigenvalue weighted by atomic mass is 9.76. The van der Waals surface area contributed by atoms with Gasteiger partial charge in [-0.15, -0.1) is 0 Å². The van der Waals surface area contributed by atoms with E-state index in [2.05, 4.69) is 32.0 Å². The second kappa shape index (κ2) is 3.84. The third-order valence-corrected chi connectivity index (χ3v) is 4.96. The van der Waals surface area contributed by atoms with Gasteiger partial charge in [-0.05, 0) is 74.5 Å². The van der Waals surface area contributed by atoms with Crippen LogP contribution in [0.2, 0.25) is 0 Å². The van der Waals surface area contributed by atoms with E-state index in [9.17, 15) is 0 Å². The van der Waals surface area contributed by atoms with Crippen LogP contribution < -0.4 is 5.73 Å². The minimum Gasteiger partial charge on any atom is -0.330 e. The normalized spacial score (nSPS) is 34.8. The summed E-state index contributed by atoms with van der Waals surface area (Å²) in [4.78, 5) is 0. The molecule has 1 aromatic rings. The molecular weight excluding hydrogens is 206 g/mol. The third kappa shape index (κ3) is 2.01. The van der Waals surface area contributed by atoms with Gasteiger partial charge in [-0.2, -0.15) is 0 Å². The van der Waals surface area contributed by atoms with Crippen LogP contribution in [0.4, 0.5) is 0 Å². The SMILES string of the molecule is Cc1ccc(C)c(CC2(CN)CC3CC3C2)c1. The monoisotopic (exact) mass is 229 g/mol. The fourth-order valence-corrected chi connectivity index (χ4v) is 3.78. The van der Waals surface area contributed by atoms with E-state index in [0.29, 0.717) is 5.41 Å². The van der Waals surface area contributed by atoms with Crippen molar-refractivity contribution in [2.75, 3.05) is 6.54 Å². The number of hydrogen-bond donors (Lipinski definition) is 1. The van der Waals surface area contributed by atoms with E-state index in [1.807, 2.05) is 0 Å². The lowest BCUT2D eigenvalue weighted by molar-refractivity contribution is 0.272. The molecule has 2 fully saturated rings. The summed E-state index contributed by atoms with van der Waals surface area (Å²) in [6, 6.07) is 6.82.